The van der Waals surface area contributed by atoms with E-state index in [1.54, 1.807) is 42.5 Å². The summed E-state index contributed by atoms with van der Waals surface area (Å²) >= 11 is 0. The van der Waals surface area contributed by atoms with Crippen LogP contribution in [0.15, 0.2) is 78.4 Å². The van der Waals surface area contributed by atoms with Gasteiger partial charge in [-0.05, 0) is 55.5 Å². The van der Waals surface area contributed by atoms with Crippen molar-refractivity contribution in [3.8, 4) is 11.5 Å². The van der Waals surface area contributed by atoms with Gasteiger partial charge in [-0.2, -0.15) is 0 Å². The Morgan fingerprint density at radius 2 is 1.36 bits per heavy atom. The minimum atomic E-state index is -1.60. The molecule has 0 fully saturated rings. The number of Topliss-reactive ketones (excluding diaryl/α,β-unsaturated/α-hetero) is 1. The van der Waals surface area contributed by atoms with Gasteiger partial charge in [0.25, 0.3) is 0 Å². The van der Waals surface area contributed by atoms with Crippen molar-refractivity contribution < 1.29 is 44.0 Å². The predicted molar refractivity (Wildman–Crippen MR) is 178 cm³/mol. The van der Waals surface area contributed by atoms with E-state index in [9.17, 15) is 39.3 Å². The zero-order valence-corrected chi connectivity index (χ0v) is 27.1. The van der Waals surface area contributed by atoms with Gasteiger partial charge in [0, 0.05) is 25.3 Å². The molecule has 0 aromatic heterocycles. The lowest BCUT2D eigenvalue weighted by Gasteiger charge is -2.19. The van der Waals surface area contributed by atoms with Gasteiger partial charge in [0.15, 0.2) is 0 Å². The van der Waals surface area contributed by atoms with Gasteiger partial charge < -0.3 is 25.4 Å². The van der Waals surface area contributed by atoms with Crippen LogP contribution >= 0.6 is 0 Å². The Kier molecular flexibility index (Phi) is 17.9. The number of nitrogens with one attached hydrogen (secondary N) is 1. The molecular weight excluding hydrogens is 602 g/mol. The van der Waals surface area contributed by atoms with Crippen molar-refractivity contribution in [3.05, 3.63) is 84.0 Å². The zero-order valence-electron chi connectivity index (χ0n) is 27.1. The summed E-state index contributed by atoms with van der Waals surface area (Å²) in [6.45, 7) is 2.16. The molecule has 2 aromatic carbocycles. The first-order valence-electron chi connectivity index (χ1n) is 16.3. The Bertz CT molecular complexity index is 1350. The smallest absolute Gasteiger partial charge is 0.332 e. The van der Waals surface area contributed by atoms with Crippen LogP contribution in [0.3, 0.4) is 0 Å². The molecule has 0 radical (unpaired) electrons. The average molecular weight is 650 g/mol. The van der Waals surface area contributed by atoms with Gasteiger partial charge >= 0.3 is 17.9 Å². The normalized spacial score (nSPS) is 12.7. The maximum atomic E-state index is 13.3. The van der Waals surface area contributed by atoms with E-state index in [1.165, 1.54) is 25.3 Å². The highest BCUT2D eigenvalue weighted by Crippen LogP contribution is 2.22. The molecule has 10 heteroatoms. The van der Waals surface area contributed by atoms with Crippen LogP contribution in [-0.4, -0.2) is 51.0 Å². The monoisotopic (exact) mass is 649 g/mol. The van der Waals surface area contributed by atoms with Crippen molar-refractivity contribution in [1.29, 1.82) is 0 Å². The number of amides is 1. The summed E-state index contributed by atoms with van der Waals surface area (Å²) in [5.74, 6) is -5.50. The Labute approximate surface area is 276 Å². The number of hydrogen-bond acceptors (Lipinski definition) is 6. The number of carboxylic acid groups (broad SMARTS) is 3. The molecule has 0 heterocycles. The number of carbonyl (C=O) groups excluding carboxylic acids is 2. The number of carboxylic acids is 3. The first kappa shape index (κ1) is 38.5. The molecule has 0 spiro atoms. The van der Waals surface area contributed by atoms with Gasteiger partial charge in [0.05, 0.1) is 11.5 Å². The summed E-state index contributed by atoms with van der Waals surface area (Å²) in [7, 11) is 0. The molecule has 2 atom stereocenters. The molecule has 0 saturated carbocycles. The van der Waals surface area contributed by atoms with Crippen LogP contribution in [0, 0.1) is 5.92 Å². The summed E-state index contributed by atoms with van der Waals surface area (Å²) in [6, 6.07) is 14.4. The fraction of sp³-hybridized carbons (Fsp3) is 0.432. The van der Waals surface area contributed by atoms with Crippen molar-refractivity contribution >= 4 is 29.6 Å². The standard InChI is InChI=1S/C37H47NO9/c1-2-3-4-7-11-16-28(39)17-12-8-5-6-9-15-20-31(32(36(43)44)26-34(40)41)35(42)38-33(37(45)46)25-27-21-23-30(24-22-27)47-29-18-13-10-14-19-29/h10,13-15,18-24,26,31,33H,2-9,11-12,16-17,25H2,1H3,(H,38,42)(H,40,41)(H,43,44)(H,45,46)/b20-15+,32-26-/t31?,33-/m0/s1. The topological polar surface area (TPSA) is 167 Å². The summed E-state index contributed by atoms with van der Waals surface area (Å²) in [5, 5.41) is 31.1. The number of ether oxygens (including phenoxy) is 1. The van der Waals surface area contributed by atoms with E-state index in [0.717, 1.165) is 38.5 Å². The molecule has 1 unspecified atom stereocenters. The van der Waals surface area contributed by atoms with Crippen molar-refractivity contribution in [3.63, 3.8) is 0 Å². The quantitative estimate of drug-likeness (QED) is 0.0525. The molecule has 1 amide bonds. The molecule has 0 aliphatic rings. The fourth-order valence-electron chi connectivity index (χ4n) is 4.99. The fourth-order valence-corrected chi connectivity index (χ4v) is 4.99. The lowest BCUT2D eigenvalue weighted by atomic mass is 9.95. The van der Waals surface area contributed by atoms with Crippen LogP contribution in [0.4, 0.5) is 0 Å². The second-order valence-electron chi connectivity index (χ2n) is 11.5. The SMILES string of the molecule is CCCCCCCC(=O)CCCCCC/C=C/C(C(=O)N[C@@H](Cc1ccc(Oc2ccccc2)cc1)C(=O)O)/C(=C/C(=O)O)C(=O)O. The van der Waals surface area contributed by atoms with Crippen LogP contribution in [-0.2, 0) is 30.4 Å². The maximum Gasteiger partial charge on any atom is 0.332 e. The van der Waals surface area contributed by atoms with Crippen LogP contribution < -0.4 is 10.1 Å². The van der Waals surface area contributed by atoms with Crippen molar-refractivity contribution in [1.82, 2.24) is 5.32 Å². The Morgan fingerprint density at radius 3 is 1.94 bits per heavy atom. The number of hydrogen-bond donors (Lipinski definition) is 4. The van der Waals surface area contributed by atoms with Gasteiger partial charge in [-0.15, -0.1) is 0 Å². The number of aliphatic carboxylic acids is 3. The van der Waals surface area contributed by atoms with E-state index < -0.39 is 41.3 Å². The van der Waals surface area contributed by atoms with Gasteiger partial charge in [-0.1, -0.05) is 87.9 Å². The van der Waals surface area contributed by atoms with E-state index >= 15 is 0 Å². The van der Waals surface area contributed by atoms with Gasteiger partial charge in [0.1, 0.15) is 23.3 Å². The molecule has 0 aliphatic carbocycles. The summed E-state index contributed by atoms with van der Waals surface area (Å²) in [6.07, 6.45) is 13.7. The summed E-state index contributed by atoms with van der Waals surface area (Å²) < 4.78 is 5.75. The number of allylic oxidation sites excluding steroid dienone is 1. The molecule has 0 saturated heterocycles. The largest absolute Gasteiger partial charge is 0.480 e. The molecule has 254 valence electrons. The van der Waals surface area contributed by atoms with Crippen molar-refractivity contribution in [2.24, 2.45) is 5.92 Å². The summed E-state index contributed by atoms with van der Waals surface area (Å²) in [5.41, 5.74) is -0.107. The first-order chi connectivity index (χ1) is 22.6. The van der Waals surface area contributed by atoms with Crippen LogP contribution in [0.2, 0.25) is 0 Å². The second kappa shape index (κ2) is 21.9. The van der Waals surface area contributed by atoms with Crippen LogP contribution in [0.5, 0.6) is 11.5 Å². The Balaban J connectivity index is 1.96. The van der Waals surface area contributed by atoms with E-state index in [4.69, 9.17) is 4.74 Å². The van der Waals surface area contributed by atoms with E-state index in [2.05, 4.69) is 12.2 Å². The van der Waals surface area contributed by atoms with Crippen molar-refractivity contribution in [2.75, 3.05) is 0 Å². The maximum absolute atomic E-state index is 13.3. The first-order valence-corrected chi connectivity index (χ1v) is 16.3. The van der Waals surface area contributed by atoms with Gasteiger partial charge in [-0.25, -0.2) is 14.4 Å². The van der Waals surface area contributed by atoms with E-state index in [1.807, 2.05) is 18.2 Å². The lowest BCUT2D eigenvalue weighted by molar-refractivity contribution is -0.142. The molecule has 10 nitrogen and oxygen atoms in total. The number of benzene rings is 2. The highest BCUT2D eigenvalue weighted by molar-refractivity contribution is 6.02. The Hall–Kier alpha value is -4.73. The number of unbranched alkanes of at least 4 members (excludes halogenated alkanes) is 8. The lowest BCUT2D eigenvalue weighted by Crippen LogP contribution is -2.45. The third-order valence-corrected chi connectivity index (χ3v) is 7.56. The number of carbonyl (C=O) groups is 5. The minimum absolute atomic E-state index is 0.102. The Morgan fingerprint density at radius 1 is 0.766 bits per heavy atom. The number of para-hydroxylation sites is 1. The third kappa shape index (κ3) is 15.9. The van der Waals surface area contributed by atoms with Crippen LogP contribution in [0.1, 0.15) is 89.5 Å². The summed E-state index contributed by atoms with van der Waals surface area (Å²) in [4.78, 5) is 60.7. The second-order valence-corrected chi connectivity index (χ2v) is 11.5. The van der Waals surface area contributed by atoms with E-state index in [0.29, 0.717) is 42.4 Å². The highest BCUT2D eigenvalue weighted by Gasteiger charge is 2.30. The third-order valence-electron chi connectivity index (χ3n) is 7.56. The molecular formula is C37H47NO9. The van der Waals surface area contributed by atoms with Crippen molar-refractivity contribution in [2.45, 2.75) is 96.4 Å². The minimum Gasteiger partial charge on any atom is -0.480 e. The number of ketones is 1. The molecule has 47 heavy (non-hydrogen) atoms. The predicted octanol–water partition coefficient (Wildman–Crippen LogP) is 7.13. The molecule has 2 rings (SSSR count). The van der Waals surface area contributed by atoms with Crippen LogP contribution in [0.25, 0.3) is 0 Å². The van der Waals surface area contributed by atoms with Gasteiger partial charge in [-0.3, -0.25) is 9.59 Å². The molecule has 4 N–H and O–H groups in total. The van der Waals surface area contributed by atoms with E-state index in [-0.39, 0.29) is 12.2 Å². The highest BCUT2D eigenvalue weighted by atomic mass is 16.5. The van der Waals surface area contributed by atoms with Gasteiger partial charge in [0.2, 0.25) is 5.91 Å². The number of rotatable bonds is 24. The zero-order chi connectivity index (χ0) is 34.4. The average Bonchev–Trinajstić information content (AvgIpc) is 3.03. The molecule has 0 bridgehead atoms. The molecule has 2 aromatic rings. The molecule has 0 aliphatic heterocycles.